The Morgan fingerprint density at radius 1 is 0.700 bits per heavy atom. The maximum atomic E-state index is 5.74. The Morgan fingerprint density at radius 3 is 1.85 bits per heavy atom. The van der Waals surface area contributed by atoms with Gasteiger partial charge in [-0.25, -0.2) is 0 Å². The third-order valence-electron chi connectivity index (χ3n) is 2.86. The molecule has 4 nitrogen and oxygen atoms in total. The van der Waals surface area contributed by atoms with E-state index in [9.17, 15) is 0 Å². The maximum absolute atomic E-state index is 5.74. The Balaban J connectivity index is 2.09. The minimum atomic E-state index is 0.431. The van der Waals surface area contributed by atoms with Crippen LogP contribution in [0.3, 0.4) is 0 Å². The van der Waals surface area contributed by atoms with Crippen molar-refractivity contribution in [3.8, 4) is 23.0 Å². The minimum absolute atomic E-state index is 0.431. The predicted molar refractivity (Wildman–Crippen MR) is 76.9 cm³/mol. The van der Waals surface area contributed by atoms with Crippen LogP contribution in [0.5, 0.6) is 23.0 Å². The Morgan fingerprint density at radius 2 is 1.25 bits per heavy atom. The second-order valence-electron chi connectivity index (χ2n) is 4.19. The molecule has 0 N–H and O–H groups in total. The highest BCUT2D eigenvalue weighted by atomic mass is 16.5. The van der Waals surface area contributed by atoms with Crippen molar-refractivity contribution < 1.29 is 18.9 Å². The smallest absolute Gasteiger partial charge is 0.123 e. The van der Waals surface area contributed by atoms with Gasteiger partial charge in [-0.2, -0.15) is 0 Å². The summed E-state index contributed by atoms with van der Waals surface area (Å²) in [6.45, 7) is 0.431. The highest BCUT2D eigenvalue weighted by molar-refractivity contribution is 5.39. The molecule has 20 heavy (non-hydrogen) atoms. The number of rotatable bonds is 6. The molecular weight excluding hydrogens is 256 g/mol. The second-order valence-corrected chi connectivity index (χ2v) is 4.19. The van der Waals surface area contributed by atoms with Gasteiger partial charge >= 0.3 is 0 Å². The van der Waals surface area contributed by atoms with Crippen LogP contribution in [0.25, 0.3) is 0 Å². The molecule has 0 heterocycles. The van der Waals surface area contributed by atoms with Crippen molar-refractivity contribution in [1.82, 2.24) is 0 Å². The average Bonchev–Trinajstić information content (AvgIpc) is 2.52. The molecule has 0 amide bonds. The van der Waals surface area contributed by atoms with Crippen molar-refractivity contribution in [2.24, 2.45) is 0 Å². The zero-order chi connectivity index (χ0) is 14.4. The molecule has 0 unspecified atom stereocenters. The summed E-state index contributed by atoms with van der Waals surface area (Å²) in [6, 6.07) is 13.2. The lowest BCUT2D eigenvalue weighted by Crippen LogP contribution is -1.97. The van der Waals surface area contributed by atoms with Gasteiger partial charge in [0.25, 0.3) is 0 Å². The average molecular weight is 274 g/mol. The molecule has 2 aromatic rings. The third kappa shape index (κ3) is 3.57. The summed E-state index contributed by atoms with van der Waals surface area (Å²) in [5.41, 5.74) is 0.976. The van der Waals surface area contributed by atoms with Crippen LogP contribution in [0, 0.1) is 0 Å². The summed E-state index contributed by atoms with van der Waals surface area (Å²) in [5.74, 6) is 3.01. The minimum Gasteiger partial charge on any atom is -0.497 e. The van der Waals surface area contributed by atoms with E-state index in [0.29, 0.717) is 6.61 Å². The number of hydrogen-bond donors (Lipinski definition) is 0. The molecule has 0 aliphatic carbocycles. The number of ether oxygens (including phenoxy) is 4. The summed E-state index contributed by atoms with van der Waals surface area (Å²) in [7, 11) is 4.88. The van der Waals surface area contributed by atoms with Crippen molar-refractivity contribution in [1.29, 1.82) is 0 Å². The zero-order valence-corrected chi connectivity index (χ0v) is 11.9. The highest BCUT2D eigenvalue weighted by Crippen LogP contribution is 2.24. The fraction of sp³-hybridized carbons (Fsp3) is 0.250. The number of benzene rings is 2. The molecule has 0 saturated carbocycles. The molecule has 106 valence electrons. The van der Waals surface area contributed by atoms with Gasteiger partial charge in [0.15, 0.2) is 0 Å². The molecule has 4 heteroatoms. The SMILES string of the molecule is COc1cc(COc2cccc(OC)c2)cc(OC)c1. The van der Waals surface area contributed by atoms with Gasteiger partial charge in [0.1, 0.15) is 29.6 Å². The largest absolute Gasteiger partial charge is 0.497 e. The summed E-state index contributed by atoms with van der Waals surface area (Å²) in [5, 5.41) is 0. The van der Waals surface area contributed by atoms with E-state index in [1.165, 1.54) is 0 Å². The maximum Gasteiger partial charge on any atom is 0.123 e. The fourth-order valence-corrected chi connectivity index (χ4v) is 1.81. The lowest BCUT2D eigenvalue weighted by atomic mass is 10.2. The van der Waals surface area contributed by atoms with Gasteiger partial charge < -0.3 is 18.9 Å². The first kappa shape index (κ1) is 14.1. The van der Waals surface area contributed by atoms with Gasteiger partial charge in [0.05, 0.1) is 21.3 Å². The van der Waals surface area contributed by atoms with Crippen molar-refractivity contribution in [3.63, 3.8) is 0 Å². The van der Waals surface area contributed by atoms with E-state index >= 15 is 0 Å². The Bertz CT molecular complexity index is 544. The Hall–Kier alpha value is -2.36. The highest BCUT2D eigenvalue weighted by Gasteiger charge is 2.03. The van der Waals surface area contributed by atoms with Gasteiger partial charge in [-0.05, 0) is 29.8 Å². The van der Waals surface area contributed by atoms with E-state index < -0.39 is 0 Å². The van der Waals surface area contributed by atoms with E-state index in [1.54, 1.807) is 21.3 Å². The first-order valence-corrected chi connectivity index (χ1v) is 6.24. The molecular formula is C16H18O4. The van der Waals surface area contributed by atoms with Gasteiger partial charge in [-0.1, -0.05) is 6.07 Å². The Labute approximate surface area is 118 Å². The number of methoxy groups -OCH3 is 3. The van der Waals surface area contributed by atoms with Crippen molar-refractivity contribution in [2.45, 2.75) is 6.61 Å². The van der Waals surface area contributed by atoms with E-state index in [-0.39, 0.29) is 0 Å². The van der Waals surface area contributed by atoms with Crippen molar-refractivity contribution in [3.05, 3.63) is 48.0 Å². The van der Waals surface area contributed by atoms with Gasteiger partial charge in [0.2, 0.25) is 0 Å². The van der Waals surface area contributed by atoms with E-state index in [1.807, 2.05) is 42.5 Å². The molecule has 0 bridgehead atoms. The zero-order valence-electron chi connectivity index (χ0n) is 11.9. The molecule has 0 aliphatic rings. The normalized spacial score (nSPS) is 9.95. The topological polar surface area (TPSA) is 36.9 Å². The third-order valence-corrected chi connectivity index (χ3v) is 2.86. The first-order valence-electron chi connectivity index (χ1n) is 6.24. The molecule has 0 aliphatic heterocycles. The monoisotopic (exact) mass is 274 g/mol. The molecule has 0 aromatic heterocycles. The molecule has 0 atom stereocenters. The molecule has 0 fully saturated rings. The van der Waals surface area contributed by atoms with Crippen LogP contribution in [0.4, 0.5) is 0 Å². The van der Waals surface area contributed by atoms with Crippen LogP contribution in [0.2, 0.25) is 0 Å². The lowest BCUT2D eigenvalue weighted by Gasteiger charge is -2.10. The van der Waals surface area contributed by atoms with Crippen LogP contribution in [0.1, 0.15) is 5.56 Å². The van der Waals surface area contributed by atoms with Crippen LogP contribution >= 0.6 is 0 Å². The van der Waals surface area contributed by atoms with Crippen LogP contribution in [0.15, 0.2) is 42.5 Å². The van der Waals surface area contributed by atoms with Crippen molar-refractivity contribution in [2.75, 3.05) is 21.3 Å². The van der Waals surface area contributed by atoms with Gasteiger partial charge in [-0.15, -0.1) is 0 Å². The van der Waals surface area contributed by atoms with E-state index in [2.05, 4.69) is 0 Å². The first-order chi connectivity index (χ1) is 9.75. The molecule has 2 rings (SSSR count). The van der Waals surface area contributed by atoms with Crippen LogP contribution in [-0.2, 0) is 6.61 Å². The summed E-state index contributed by atoms with van der Waals surface area (Å²) < 4.78 is 21.4. The molecule has 0 spiro atoms. The van der Waals surface area contributed by atoms with Gasteiger partial charge in [0, 0.05) is 12.1 Å². The number of hydrogen-bond acceptors (Lipinski definition) is 4. The second kappa shape index (κ2) is 6.70. The van der Waals surface area contributed by atoms with Crippen molar-refractivity contribution >= 4 is 0 Å². The van der Waals surface area contributed by atoms with E-state index in [4.69, 9.17) is 18.9 Å². The lowest BCUT2D eigenvalue weighted by molar-refractivity contribution is 0.301. The molecule has 0 saturated heterocycles. The van der Waals surface area contributed by atoms with Gasteiger partial charge in [-0.3, -0.25) is 0 Å². The summed E-state index contributed by atoms with van der Waals surface area (Å²) in [6.07, 6.45) is 0. The summed E-state index contributed by atoms with van der Waals surface area (Å²) in [4.78, 5) is 0. The van der Waals surface area contributed by atoms with Crippen LogP contribution < -0.4 is 18.9 Å². The fourth-order valence-electron chi connectivity index (χ4n) is 1.81. The Kier molecular flexibility index (Phi) is 4.71. The summed E-state index contributed by atoms with van der Waals surface area (Å²) >= 11 is 0. The predicted octanol–water partition coefficient (Wildman–Crippen LogP) is 3.29. The van der Waals surface area contributed by atoms with Crippen LogP contribution in [-0.4, -0.2) is 21.3 Å². The molecule has 0 radical (unpaired) electrons. The standard InChI is InChI=1S/C16H18O4/c1-17-13-5-4-6-14(9-13)20-11-12-7-15(18-2)10-16(8-12)19-3/h4-10H,11H2,1-3H3. The van der Waals surface area contributed by atoms with E-state index in [0.717, 1.165) is 28.6 Å². The quantitative estimate of drug-likeness (QED) is 0.810. The molecule has 2 aromatic carbocycles.